The molecule has 96 valence electrons. The van der Waals surface area contributed by atoms with Crippen LogP contribution in [0.2, 0.25) is 0 Å². The highest BCUT2D eigenvalue weighted by Gasteiger charge is 2.38. The van der Waals surface area contributed by atoms with Crippen LogP contribution in [0.3, 0.4) is 0 Å². The van der Waals surface area contributed by atoms with Gasteiger partial charge in [-0.1, -0.05) is 0 Å². The summed E-state index contributed by atoms with van der Waals surface area (Å²) < 4.78 is 5.21. The zero-order valence-corrected chi connectivity index (χ0v) is 11.4. The van der Waals surface area contributed by atoms with Crippen LogP contribution in [0.15, 0.2) is 11.4 Å². The van der Waals surface area contributed by atoms with Crippen molar-refractivity contribution >= 4 is 11.3 Å². The van der Waals surface area contributed by atoms with E-state index in [0.717, 1.165) is 19.5 Å². The highest BCUT2D eigenvalue weighted by molar-refractivity contribution is 7.10. The van der Waals surface area contributed by atoms with Crippen molar-refractivity contribution in [1.82, 2.24) is 4.90 Å². The van der Waals surface area contributed by atoms with Gasteiger partial charge < -0.3 is 14.7 Å². The molecular weight excluding hydrogens is 234 g/mol. The van der Waals surface area contributed by atoms with E-state index >= 15 is 0 Å². The highest BCUT2D eigenvalue weighted by atomic mass is 32.1. The van der Waals surface area contributed by atoms with E-state index < -0.39 is 0 Å². The average Bonchev–Trinajstić information content (AvgIpc) is 2.67. The van der Waals surface area contributed by atoms with Gasteiger partial charge in [-0.3, -0.25) is 0 Å². The lowest BCUT2D eigenvalue weighted by Crippen LogP contribution is -2.52. The molecule has 1 aromatic rings. The average molecular weight is 255 g/mol. The molecule has 1 N–H and O–H groups in total. The first kappa shape index (κ1) is 13.0. The SMILES string of the molecule is Cc1ccsc1CCN(C)CC1(CO)COC1. The number of thiophene rings is 1. The Labute approximate surface area is 107 Å². The third-order valence-electron chi connectivity index (χ3n) is 3.45. The van der Waals surface area contributed by atoms with Gasteiger partial charge in [-0.05, 0) is 37.4 Å². The van der Waals surface area contributed by atoms with Crippen molar-refractivity contribution < 1.29 is 9.84 Å². The van der Waals surface area contributed by atoms with Crippen LogP contribution < -0.4 is 0 Å². The molecule has 0 unspecified atom stereocenters. The van der Waals surface area contributed by atoms with E-state index in [9.17, 15) is 5.11 Å². The fraction of sp³-hybridized carbons (Fsp3) is 0.692. The summed E-state index contributed by atoms with van der Waals surface area (Å²) in [6, 6.07) is 2.18. The van der Waals surface area contributed by atoms with Gasteiger partial charge in [0, 0.05) is 18.0 Å². The summed E-state index contributed by atoms with van der Waals surface area (Å²) in [6.45, 7) is 5.77. The summed E-state index contributed by atoms with van der Waals surface area (Å²) >= 11 is 1.83. The smallest absolute Gasteiger partial charge is 0.0579 e. The molecule has 1 aliphatic heterocycles. The lowest BCUT2D eigenvalue weighted by atomic mass is 9.86. The maximum atomic E-state index is 9.38. The van der Waals surface area contributed by atoms with E-state index in [1.165, 1.54) is 10.4 Å². The van der Waals surface area contributed by atoms with E-state index in [4.69, 9.17) is 4.74 Å². The predicted octanol–water partition coefficient (Wildman–Crippen LogP) is 1.54. The van der Waals surface area contributed by atoms with Crippen molar-refractivity contribution in [3.63, 3.8) is 0 Å². The second-order valence-corrected chi connectivity index (χ2v) is 6.17. The van der Waals surface area contributed by atoms with Crippen molar-refractivity contribution in [2.24, 2.45) is 5.41 Å². The number of nitrogens with zero attached hydrogens (tertiary/aromatic N) is 1. The zero-order chi connectivity index (χ0) is 12.3. The molecule has 17 heavy (non-hydrogen) atoms. The van der Waals surface area contributed by atoms with Crippen LogP contribution in [-0.4, -0.2) is 50.0 Å². The summed E-state index contributed by atoms with van der Waals surface area (Å²) in [5, 5.41) is 11.5. The van der Waals surface area contributed by atoms with Gasteiger partial charge in [0.1, 0.15) is 0 Å². The Morgan fingerprint density at radius 3 is 2.76 bits per heavy atom. The summed E-state index contributed by atoms with van der Waals surface area (Å²) in [5.74, 6) is 0. The number of aliphatic hydroxyl groups excluding tert-OH is 1. The number of aliphatic hydroxyl groups is 1. The molecule has 2 heterocycles. The molecule has 0 amide bonds. The van der Waals surface area contributed by atoms with Gasteiger partial charge in [0.05, 0.1) is 25.2 Å². The Hall–Kier alpha value is -0.420. The fourth-order valence-corrected chi connectivity index (χ4v) is 3.13. The summed E-state index contributed by atoms with van der Waals surface area (Å²) in [7, 11) is 2.12. The minimum absolute atomic E-state index is 0.000750. The molecule has 0 bridgehead atoms. The molecule has 0 radical (unpaired) electrons. The van der Waals surface area contributed by atoms with Gasteiger partial charge in [-0.25, -0.2) is 0 Å². The lowest BCUT2D eigenvalue weighted by Gasteiger charge is -2.42. The summed E-state index contributed by atoms with van der Waals surface area (Å²) in [4.78, 5) is 3.78. The van der Waals surface area contributed by atoms with E-state index in [1.54, 1.807) is 0 Å². The number of likely N-dealkylation sites (N-methyl/N-ethyl adjacent to an activating group) is 1. The van der Waals surface area contributed by atoms with Gasteiger partial charge in [0.25, 0.3) is 0 Å². The number of hydrogen-bond acceptors (Lipinski definition) is 4. The van der Waals surface area contributed by atoms with Crippen molar-refractivity contribution in [3.8, 4) is 0 Å². The van der Waals surface area contributed by atoms with Crippen molar-refractivity contribution in [2.45, 2.75) is 13.3 Å². The Morgan fingerprint density at radius 1 is 1.53 bits per heavy atom. The largest absolute Gasteiger partial charge is 0.396 e. The van der Waals surface area contributed by atoms with Crippen LogP contribution in [0.5, 0.6) is 0 Å². The zero-order valence-electron chi connectivity index (χ0n) is 10.6. The topological polar surface area (TPSA) is 32.7 Å². The molecule has 4 heteroatoms. The molecule has 2 rings (SSSR count). The van der Waals surface area contributed by atoms with E-state index in [0.29, 0.717) is 13.2 Å². The Morgan fingerprint density at radius 2 is 2.29 bits per heavy atom. The molecule has 0 aromatic carbocycles. The van der Waals surface area contributed by atoms with E-state index in [2.05, 4.69) is 30.3 Å². The molecule has 3 nitrogen and oxygen atoms in total. The van der Waals surface area contributed by atoms with Crippen molar-refractivity contribution in [3.05, 3.63) is 21.9 Å². The quantitative estimate of drug-likeness (QED) is 0.837. The van der Waals surface area contributed by atoms with Crippen LogP contribution >= 0.6 is 11.3 Å². The minimum Gasteiger partial charge on any atom is -0.396 e. The van der Waals surface area contributed by atoms with Crippen LogP contribution in [0, 0.1) is 12.3 Å². The third kappa shape index (κ3) is 3.07. The fourth-order valence-electron chi connectivity index (χ4n) is 2.23. The van der Waals surface area contributed by atoms with Gasteiger partial charge in [-0.15, -0.1) is 11.3 Å². The van der Waals surface area contributed by atoms with Crippen LogP contribution in [-0.2, 0) is 11.2 Å². The molecule has 1 aromatic heterocycles. The first-order chi connectivity index (χ1) is 8.15. The number of rotatable bonds is 6. The number of hydrogen-bond donors (Lipinski definition) is 1. The maximum absolute atomic E-state index is 9.38. The molecule has 0 spiro atoms. The third-order valence-corrected chi connectivity index (χ3v) is 4.53. The van der Waals surface area contributed by atoms with Gasteiger partial charge in [0.15, 0.2) is 0 Å². The van der Waals surface area contributed by atoms with Crippen molar-refractivity contribution in [1.29, 1.82) is 0 Å². The Kier molecular flexibility index (Phi) is 4.20. The Bertz CT molecular complexity index is 355. The van der Waals surface area contributed by atoms with Gasteiger partial charge in [0.2, 0.25) is 0 Å². The van der Waals surface area contributed by atoms with Crippen LogP contribution in [0.1, 0.15) is 10.4 Å². The standard InChI is InChI=1S/C13H21NO2S/c1-11-4-6-17-12(11)3-5-14(2)7-13(8-15)9-16-10-13/h4,6,15H,3,5,7-10H2,1-2H3. The van der Waals surface area contributed by atoms with E-state index in [1.807, 2.05) is 11.3 Å². The lowest BCUT2D eigenvalue weighted by molar-refractivity contribution is -0.146. The molecule has 1 saturated heterocycles. The highest BCUT2D eigenvalue weighted by Crippen LogP contribution is 2.27. The molecule has 0 saturated carbocycles. The molecule has 1 fully saturated rings. The number of aryl methyl sites for hydroxylation is 1. The van der Waals surface area contributed by atoms with Gasteiger partial charge >= 0.3 is 0 Å². The van der Waals surface area contributed by atoms with Gasteiger partial charge in [-0.2, -0.15) is 0 Å². The first-order valence-electron chi connectivity index (χ1n) is 6.05. The predicted molar refractivity (Wildman–Crippen MR) is 70.6 cm³/mol. The summed E-state index contributed by atoms with van der Waals surface area (Å²) in [5.41, 5.74) is 1.39. The van der Waals surface area contributed by atoms with Crippen LogP contribution in [0.4, 0.5) is 0 Å². The normalized spacial score (nSPS) is 18.4. The molecule has 1 aliphatic rings. The minimum atomic E-state index is -0.000750. The number of ether oxygens (including phenoxy) is 1. The van der Waals surface area contributed by atoms with Crippen molar-refractivity contribution in [2.75, 3.05) is 40.0 Å². The van der Waals surface area contributed by atoms with Crippen LogP contribution in [0.25, 0.3) is 0 Å². The second kappa shape index (κ2) is 5.48. The molecule has 0 aliphatic carbocycles. The summed E-state index contributed by atoms with van der Waals surface area (Å²) in [6.07, 6.45) is 1.10. The second-order valence-electron chi connectivity index (χ2n) is 5.17. The monoisotopic (exact) mass is 255 g/mol. The molecular formula is C13H21NO2S. The van der Waals surface area contributed by atoms with E-state index in [-0.39, 0.29) is 12.0 Å². The Balaban J connectivity index is 1.78. The first-order valence-corrected chi connectivity index (χ1v) is 6.93. The molecule has 0 atom stereocenters. The maximum Gasteiger partial charge on any atom is 0.0579 e.